The molecule has 0 aliphatic rings. The highest BCUT2D eigenvalue weighted by Crippen LogP contribution is 2.35. The summed E-state index contributed by atoms with van der Waals surface area (Å²) in [6.07, 6.45) is 2.15. The van der Waals surface area contributed by atoms with Gasteiger partial charge in [-0.25, -0.2) is 0 Å². The molecule has 1 heterocycles. The minimum atomic E-state index is 0.275. The number of hydrogen-bond acceptors (Lipinski definition) is 4. The Labute approximate surface area is 98.8 Å². The summed E-state index contributed by atoms with van der Waals surface area (Å²) in [5.74, 6) is 1.63. The topological polar surface area (TPSA) is 48.7 Å². The number of ether oxygens (including phenoxy) is 2. The molecule has 0 spiro atoms. The Kier molecular flexibility index (Phi) is 3.14. The maximum atomic E-state index is 10.9. The second-order valence-corrected chi connectivity index (χ2v) is 3.38. The van der Waals surface area contributed by atoms with E-state index in [1.165, 1.54) is 6.26 Å². The van der Waals surface area contributed by atoms with Crippen LogP contribution < -0.4 is 9.47 Å². The first-order chi connectivity index (χ1) is 8.30. The van der Waals surface area contributed by atoms with Crippen molar-refractivity contribution in [2.45, 2.75) is 0 Å². The van der Waals surface area contributed by atoms with Gasteiger partial charge >= 0.3 is 0 Å². The Bertz CT molecular complexity index is 528. The number of rotatable bonds is 4. The van der Waals surface area contributed by atoms with E-state index in [-0.39, 0.29) is 5.76 Å². The molecule has 0 bridgehead atoms. The van der Waals surface area contributed by atoms with Crippen molar-refractivity contribution in [3.63, 3.8) is 0 Å². The standard InChI is InChI=1S/C13H12O4/c1-15-9-3-4-12(16-2)11(7-9)10-5-6-17-13(10)8-14/h3-8H,1-2H3. The first-order valence-electron chi connectivity index (χ1n) is 5.05. The van der Waals surface area contributed by atoms with Crippen molar-refractivity contribution in [2.24, 2.45) is 0 Å². The minimum Gasteiger partial charge on any atom is -0.497 e. The molecule has 2 aromatic rings. The summed E-state index contributed by atoms with van der Waals surface area (Å²) in [6.45, 7) is 0. The van der Waals surface area contributed by atoms with E-state index in [0.29, 0.717) is 23.3 Å². The normalized spacial score (nSPS) is 10.0. The Balaban J connectivity index is 2.59. The zero-order valence-corrected chi connectivity index (χ0v) is 9.60. The van der Waals surface area contributed by atoms with Gasteiger partial charge in [-0.05, 0) is 24.3 Å². The van der Waals surface area contributed by atoms with Crippen LogP contribution in [0, 0.1) is 0 Å². The fourth-order valence-corrected chi connectivity index (χ4v) is 1.66. The van der Waals surface area contributed by atoms with Crippen molar-refractivity contribution in [1.29, 1.82) is 0 Å². The largest absolute Gasteiger partial charge is 0.497 e. The van der Waals surface area contributed by atoms with E-state index in [4.69, 9.17) is 13.9 Å². The third-order valence-corrected chi connectivity index (χ3v) is 2.50. The molecule has 4 heteroatoms. The first kappa shape index (κ1) is 11.3. The number of benzene rings is 1. The molecule has 0 unspecified atom stereocenters. The number of carbonyl (C=O) groups excluding carboxylic acids is 1. The highest BCUT2D eigenvalue weighted by molar-refractivity contribution is 5.86. The van der Waals surface area contributed by atoms with Gasteiger partial charge in [-0.2, -0.15) is 0 Å². The lowest BCUT2D eigenvalue weighted by Gasteiger charge is -2.09. The Morgan fingerprint density at radius 1 is 1.12 bits per heavy atom. The zero-order chi connectivity index (χ0) is 12.3. The lowest BCUT2D eigenvalue weighted by molar-refractivity contribution is 0.110. The molecular formula is C13H12O4. The molecule has 17 heavy (non-hydrogen) atoms. The number of carbonyl (C=O) groups is 1. The average molecular weight is 232 g/mol. The molecule has 0 N–H and O–H groups in total. The van der Waals surface area contributed by atoms with Crippen molar-refractivity contribution < 1.29 is 18.7 Å². The summed E-state index contributed by atoms with van der Waals surface area (Å²) in [5.41, 5.74) is 1.46. The van der Waals surface area contributed by atoms with E-state index >= 15 is 0 Å². The van der Waals surface area contributed by atoms with E-state index in [2.05, 4.69) is 0 Å². The number of furan rings is 1. The molecule has 0 aliphatic heterocycles. The fourth-order valence-electron chi connectivity index (χ4n) is 1.66. The van der Waals surface area contributed by atoms with Gasteiger partial charge in [-0.3, -0.25) is 4.79 Å². The molecule has 88 valence electrons. The summed E-state index contributed by atoms with van der Waals surface area (Å²) in [6, 6.07) is 7.11. The molecule has 1 aromatic carbocycles. The SMILES string of the molecule is COc1ccc(OC)c(-c2ccoc2C=O)c1. The first-order valence-corrected chi connectivity index (χ1v) is 5.05. The molecule has 1 aromatic heterocycles. The minimum absolute atomic E-state index is 0.275. The summed E-state index contributed by atoms with van der Waals surface area (Å²) >= 11 is 0. The van der Waals surface area contributed by atoms with Crippen molar-refractivity contribution >= 4 is 6.29 Å². The molecule has 4 nitrogen and oxygen atoms in total. The van der Waals surface area contributed by atoms with Crippen LogP contribution in [0.5, 0.6) is 11.5 Å². The number of hydrogen-bond donors (Lipinski definition) is 0. The number of methoxy groups -OCH3 is 2. The summed E-state index contributed by atoms with van der Waals surface area (Å²) in [5, 5.41) is 0. The van der Waals surface area contributed by atoms with Gasteiger partial charge in [-0.1, -0.05) is 0 Å². The third-order valence-electron chi connectivity index (χ3n) is 2.50. The quantitative estimate of drug-likeness (QED) is 0.760. The van der Waals surface area contributed by atoms with Crippen LogP contribution in [0.15, 0.2) is 34.9 Å². The lowest BCUT2D eigenvalue weighted by atomic mass is 10.1. The Morgan fingerprint density at radius 2 is 1.94 bits per heavy atom. The highest BCUT2D eigenvalue weighted by atomic mass is 16.5. The third kappa shape index (κ3) is 2.01. The number of aldehydes is 1. The molecule has 0 radical (unpaired) electrons. The van der Waals surface area contributed by atoms with Crippen LogP contribution in [0.2, 0.25) is 0 Å². The van der Waals surface area contributed by atoms with Crippen molar-refractivity contribution in [1.82, 2.24) is 0 Å². The van der Waals surface area contributed by atoms with Crippen LogP contribution in [-0.2, 0) is 0 Å². The molecule has 0 saturated heterocycles. The van der Waals surface area contributed by atoms with E-state index in [9.17, 15) is 4.79 Å². The smallest absolute Gasteiger partial charge is 0.185 e. The molecule has 0 amide bonds. The summed E-state index contributed by atoms with van der Waals surface area (Å²) in [4.78, 5) is 10.9. The van der Waals surface area contributed by atoms with Crippen LogP contribution in [0.25, 0.3) is 11.1 Å². The molecule has 2 rings (SSSR count). The maximum Gasteiger partial charge on any atom is 0.185 e. The van der Waals surface area contributed by atoms with Crippen LogP contribution in [0.3, 0.4) is 0 Å². The van der Waals surface area contributed by atoms with Gasteiger partial charge in [0.2, 0.25) is 0 Å². The Morgan fingerprint density at radius 3 is 2.59 bits per heavy atom. The molecule has 0 saturated carbocycles. The highest BCUT2D eigenvalue weighted by Gasteiger charge is 2.13. The Hall–Kier alpha value is -2.23. The second kappa shape index (κ2) is 4.74. The fraction of sp³-hybridized carbons (Fsp3) is 0.154. The molecule has 0 fully saturated rings. The van der Waals surface area contributed by atoms with Crippen LogP contribution in [0.1, 0.15) is 10.6 Å². The zero-order valence-electron chi connectivity index (χ0n) is 9.60. The average Bonchev–Trinajstić information content (AvgIpc) is 2.86. The van der Waals surface area contributed by atoms with Crippen LogP contribution >= 0.6 is 0 Å². The maximum absolute atomic E-state index is 10.9. The van der Waals surface area contributed by atoms with Crippen LogP contribution in [-0.4, -0.2) is 20.5 Å². The second-order valence-electron chi connectivity index (χ2n) is 3.38. The van der Waals surface area contributed by atoms with Gasteiger partial charge in [0.05, 0.1) is 20.5 Å². The predicted molar refractivity (Wildman–Crippen MR) is 62.6 cm³/mol. The molecule has 0 aliphatic carbocycles. The van der Waals surface area contributed by atoms with Gasteiger partial charge in [0.1, 0.15) is 11.5 Å². The molecule has 0 atom stereocenters. The van der Waals surface area contributed by atoms with Gasteiger partial charge in [0.25, 0.3) is 0 Å². The predicted octanol–water partition coefficient (Wildman–Crippen LogP) is 2.78. The van der Waals surface area contributed by atoms with E-state index < -0.39 is 0 Å². The van der Waals surface area contributed by atoms with Gasteiger partial charge in [0, 0.05) is 11.1 Å². The lowest BCUT2D eigenvalue weighted by Crippen LogP contribution is -1.91. The summed E-state index contributed by atoms with van der Waals surface area (Å²) < 4.78 is 15.5. The van der Waals surface area contributed by atoms with Crippen molar-refractivity contribution in [2.75, 3.05) is 14.2 Å². The van der Waals surface area contributed by atoms with Gasteiger partial charge in [-0.15, -0.1) is 0 Å². The van der Waals surface area contributed by atoms with Gasteiger partial charge in [0.15, 0.2) is 12.0 Å². The van der Waals surface area contributed by atoms with Gasteiger partial charge < -0.3 is 13.9 Å². The van der Waals surface area contributed by atoms with E-state index in [1.807, 2.05) is 0 Å². The molecular weight excluding hydrogens is 220 g/mol. The van der Waals surface area contributed by atoms with Crippen molar-refractivity contribution in [3.8, 4) is 22.6 Å². The van der Waals surface area contributed by atoms with E-state index in [0.717, 1.165) is 5.56 Å². The van der Waals surface area contributed by atoms with E-state index in [1.54, 1.807) is 38.5 Å². The van der Waals surface area contributed by atoms with Crippen LogP contribution in [0.4, 0.5) is 0 Å². The monoisotopic (exact) mass is 232 g/mol. The van der Waals surface area contributed by atoms with Crippen molar-refractivity contribution in [3.05, 3.63) is 36.3 Å². The summed E-state index contributed by atoms with van der Waals surface area (Å²) in [7, 11) is 3.16.